The summed E-state index contributed by atoms with van der Waals surface area (Å²) in [5.41, 5.74) is 1.02. The number of carbonyl (C=O) groups is 1. The molecule has 0 aliphatic rings. The molecule has 0 bridgehead atoms. The predicted molar refractivity (Wildman–Crippen MR) is 102 cm³/mol. The summed E-state index contributed by atoms with van der Waals surface area (Å²) in [6.45, 7) is 2.03. The highest BCUT2D eigenvalue weighted by Crippen LogP contribution is 2.36. The third-order valence-electron chi connectivity index (χ3n) is 3.67. The van der Waals surface area contributed by atoms with Gasteiger partial charge in [-0.15, -0.1) is 23.1 Å². The lowest BCUT2D eigenvalue weighted by Crippen LogP contribution is -2.30. The third kappa shape index (κ3) is 4.28. The van der Waals surface area contributed by atoms with Crippen LogP contribution in [0.2, 0.25) is 0 Å². The van der Waals surface area contributed by atoms with E-state index in [1.807, 2.05) is 79.0 Å². The van der Waals surface area contributed by atoms with Crippen LogP contribution in [0.15, 0.2) is 83.1 Å². The number of amides is 1. The molecule has 3 rings (SSSR count). The van der Waals surface area contributed by atoms with Gasteiger partial charge in [0.1, 0.15) is 5.25 Å². The largest absolute Gasteiger partial charge is 0.347 e. The highest BCUT2D eigenvalue weighted by molar-refractivity contribution is 8.00. The fourth-order valence-electron chi connectivity index (χ4n) is 2.43. The van der Waals surface area contributed by atoms with Crippen LogP contribution in [0.1, 0.15) is 28.7 Å². The minimum Gasteiger partial charge on any atom is -0.347 e. The van der Waals surface area contributed by atoms with Crippen molar-refractivity contribution in [1.29, 1.82) is 0 Å². The SMILES string of the molecule is CC(NC(=O)C(Sc1ccccc1)c1ccccc1)c1cccs1. The molecule has 3 aromatic rings. The summed E-state index contributed by atoms with van der Waals surface area (Å²) in [5, 5.41) is 4.92. The van der Waals surface area contributed by atoms with E-state index in [0.29, 0.717) is 0 Å². The molecule has 2 nitrogen and oxygen atoms in total. The Morgan fingerprint density at radius 1 is 0.958 bits per heavy atom. The van der Waals surface area contributed by atoms with Gasteiger partial charge in [0.15, 0.2) is 0 Å². The van der Waals surface area contributed by atoms with Crippen molar-refractivity contribution in [2.24, 2.45) is 0 Å². The molecule has 1 aromatic heterocycles. The summed E-state index contributed by atoms with van der Waals surface area (Å²) in [7, 11) is 0. The first-order valence-electron chi connectivity index (χ1n) is 7.84. The molecule has 0 saturated heterocycles. The van der Waals surface area contributed by atoms with E-state index in [4.69, 9.17) is 0 Å². The van der Waals surface area contributed by atoms with Gasteiger partial charge in [0.25, 0.3) is 0 Å². The van der Waals surface area contributed by atoms with Gasteiger partial charge in [-0.25, -0.2) is 0 Å². The molecule has 0 aliphatic heterocycles. The lowest BCUT2D eigenvalue weighted by molar-refractivity contribution is -0.121. The summed E-state index contributed by atoms with van der Waals surface area (Å²) in [6, 6.07) is 24.1. The topological polar surface area (TPSA) is 29.1 Å². The van der Waals surface area contributed by atoms with Gasteiger partial charge in [-0.2, -0.15) is 0 Å². The fourth-order valence-corrected chi connectivity index (χ4v) is 4.22. The Morgan fingerprint density at radius 3 is 2.25 bits per heavy atom. The molecular formula is C20H19NOS2. The van der Waals surface area contributed by atoms with Crippen LogP contribution < -0.4 is 5.32 Å². The molecule has 0 spiro atoms. The molecule has 24 heavy (non-hydrogen) atoms. The highest BCUT2D eigenvalue weighted by Gasteiger charge is 2.23. The molecular weight excluding hydrogens is 334 g/mol. The van der Waals surface area contributed by atoms with Gasteiger partial charge < -0.3 is 5.32 Å². The smallest absolute Gasteiger partial charge is 0.238 e. The van der Waals surface area contributed by atoms with Gasteiger partial charge in [-0.05, 0) is 36.1 Å². The monoisotopic (exact) mass is 353 g/mol. The van der Waals surface area contributed by atoms with E-state index in [1.165, 1.54) is 4.88 Å². The van der Waals surface area contributed by atoms with Crippen LogP contribution in [0.3, 0.4) is 0 Å². The number of nitrogens with one attached hydrogen (secondary N) is 1. The second kappa shape index (κ2) is 8.18. The zero-order valence-electron chi connectivity index (χ0n) is 13.4. The van der Waals surface area contributed by atoms with E-state index in [9.17, 15) is 4.79 Å². The molecule has 0 saturated carbocycles. The first kappa shape index (κ1) is 16.8. The van der Waals surface area contributed by atoms with Crippen LogP contribution in [-0.4, -0.2) is 5.91 Å². The van der Waals surface area contributed by atoms with Crippen molar-refractivity contribution in [3.63, 3.8) is 0 Å². The number of hydrogen-bond acceptors (Lipinski definition) is 3. The van der Waals surface area contributed by atoms with Gasteiger partial charge in [-0.1, -0.05) is 54.6 Å². The molecule has 1 N–H and O–H groups in total. The second-order valence-corrected chi connectivity index (χ2v) is 7.63. The predicted octanol–water partition coefficient (Wildman–Crippen LogP) is 5.46. The van der Waals surface area contributed by atoms with Crippen molar-refractivity contribution in [2.75, 3.05) is 0 Å². The maximum atomic E-state index is 12.9. The van der Waals surface area contributed by atoms with Crippen molar-refractivity contribution in [3.8, 4) is 0 Å². The van der Waals surface area contributed by atoms with Crippen LogP contribution in [-0.2, 0) is 4.79 Å². The van der Waals surface area contributed by atoms with Crippen molar-refractivity contribution in [2.45, 2.75) is 23.1 Å². The second-order valence-electron chi connectivity index (χ2n) is 5.47. The van der Waals surface area contributed by atoms with E-state index < -0.39 is 0 Å². The molecule has 0 radical (unpaired) electrons. The summed E-state index contributed by atoms with van der Waals surface area (Å²) in [4.78, 5) is 15.2. The van der Waals surface area contributed by atoms with E-state index in [0.717, 1.165) is 10.5 Å². The molecule has 122 valence electrons. The minimum absolute atomic E-state index is 0.0140. The van der Waals surface area contributed by atoms with Crippen LogP contribution in [0.4, 0.5) is 0 Å². The number of hydrogen-bond donors (Lipinski definition) is 1. The first-order valence-corrected chi connectivity index (χ1v) is 9.60. The molecule has 1 heterocycles. The number of thiophene rings is 1. The Kier molecular flexibility index (Phi) is 5.72. The standard InChI is InChI=1S/C20H19NOS2/c1-15(18-13-8-14-23-18)21-20(22)19(16-9-4-2-5-10-16)24-17-11-6-3-7-12-17/h2-15,19H,1H3,(H,21,22). The average molecular weight is 354 g/mol. The molecule has 0 aliphatic carbocycles. The van der Waals surface area contributed by atoms with Crippen LogP contribution in [0.25, 0.3) is 0 Å². The van der Waals surface area contributed by atoms with Crippen molar-refractivity contribution >= 4 is 29.0 Å². The van der Waals surface area contributed by atoms with Gasteiger partial charge in [-0.3, -0.25) is 4.79 Å². The van der Waals surface area contributed by atoms with Gasteiger partial charge in [0, 0.05) is 9.77 Å². The Balaban J connectivity index is 1.80. The Morgan fingerprint density at radius 2 is 1.62 bits per heavy atom. The number of carbonyl (C=O) groups excluding carboxylic acids is 1. The molecule has 2 aromatic carbocycles. The van der Waals surface area contributed by atoms with Crippen molar-refractivity contribution in [1.82, 2.24) is 5.32 Å². The lowest BCUT2D eigenvalue weighted by atomic mass is 10.1. The first-order chi connectivity index (χ1) is 11.7. The third-order valence-corrected chi connectivity index (χ3v) is 5.99. The maximum Gasteiger partial charge on any atom is 0.238 e. The Labute approximate surface area is 150 Å². The quantitative estimate of drug-likeness (QED) is 0.596. The van der Waals surface area contributed by atoms with Crippen LogP contribution in [0, 0.1) is 0 Å². The summed E-state index contributed by atoms with van der Waals surface area (Å²) >= 11 is 3.24. The average Bonchev–Trinajstić information content (AvgIpc) is 3.16. The molecule has 2 unspecified atom stereocenters. The van der Waals surface area contributed by atoms with Crippen LogP contribution >= 0.6 is 23.1 Å². The highest BCUT2D eigenvalue weighted by atomic mass is 32.2. The zero-order chi connectivity index (χ0) is 16.8. The van der Waals surface area contributed by atoms with Crippen molar-refractivity contribution in [3.05, 3.63) is 88.6 Å². The zero-order valence-corrected chi connectivity index (χ0v) is 15.0. The Bertz CT molecular complexity index is 757. The summed E-state index contributed by atoms with van der Waals surface area (Å²) in [5.74, 6) is 0.0379. The van der Waals surface area contributed by atoms with Crippen molar-refractivity contribution < 1.29 is 4.79 Å². The number of rotatable bonds is 6. The molecule has 0 fully saturated rings. The molecule has 2 atom stereocenters. The lowest BCUT2D eigenvalue weighted by Gasteiger charge is -2.20. The molecule has 1 amide bonds. The van der Waals surface area contributed by atoms with E-state index in [2.05, 4.69) is 11.4 Å². The van der Waals surface area contributed by atoms with Gasteiger partial charge in [0.05, 0.1) is 6.04 Å². The minimum atomic E-state index is -0.268. The maximum absolute atomic E-state index is 12.9. The number of benzene rings is 2. The summed E-state index contributed by atoms with van der Waals surface area (Å²) < 4.78 is 0. The summed E-state index contributed by atoms with van der Waals surface area (Å²) in [6.07, 6.45) is 0. The van der Waals surface area contributed by atoms with Gasteiger partial charge >= 0.3 is 0 Å². The van der Waals surface area contributed by atoms with E-state index in [1.54, 1.807) is 23.1 Å². The Hall–Kier alpha value is -2.04. The normalized spacial score (nSPS) is 13.2. The van der Waals surface area contributed by atoms with Crippen LogP contribution in [0.5, 0.6) is 0 Å². The number of thioether (sulfide) groups is 1. The van der Waals surface area contributed by atoms with E-state index in [-0.39, 0.29) is 17.2 Å². The molecule has 4 heteroatoms. The van der Waals surface area contributed by atoms with Gasteiger partial charge in [0.2, 0.25) is 5.91 Å². The fraction of sp³-hybridized carbons (Fsp3) is 0.150. The van der Waals surface area contributed by atoms with E-state index >= 15 is 0 Å².